The molecule has 1 atom stereocenters. The van der Waals surface area contributed by atoms with Gasteiger partial charge >= 0.3 is 0 Å². The molecular formula is C14H23N3S. The number of nitrogens with one attached hydrogen (secondary N) is 1. The molecule has 2 aromatic heterocycles. The van der Waals surface area contributed by atoms with Crippen LogP contribution in [0, 0.1) is 11.8 Å². The predicted molar refractivity (Wildman–Crippen MR) is 78.2 cm³/mol. The van der Waals surface area contributed by atoms with Crippen LogP contribution in [-0.2, 0) is 6.42 Å². The van der Waals surface area contributed by atoms with Gasteiger partial charge in [0.15, 0.2) is 4.96 Å². The normalized spacial score (nSPS) is 13.9. The summed E-state index contributed by atoms with van der Waals surface area (Å²) in [7, 11) is 0. The summed E-state index contributed by atoms with van der Waals surface area (Å²) in [6.07, 6.45) is 5.30. The Kier molecular flexibility index (Phi) is 4.40. The lowest BCUT2D eigenvalue weighted by atomic mass is 9.91. The molecule has 2 aromatic rings. The minimum Gasteiger partial charge on any atom is -0.314 e. The molecule has 18 heavy (non-hydrogen) atoms. The maximum atomic E-state index is 4.68. The second kappa shape index (κ2) is 5.85. The average Bonchev–Trinajstić information content (AvgIpc) is 2.83. The SMILES string of the molecule is CC(C)NCC(Cc1cn2ccsc2n1)C(C)C. The molecule has 1 N–H and O–H groups in total. The highest BCUT2D eigenvalue weighted by atomic mass is 32.1. The molecule has 0 aliphatic heterocycles. The van der Waals surface area contributed by atoms with E-state index in [2.05, 4.69) is 60.2 Å². The van der Waals surface area contributed by atoms with Crippen LogP contribution in [0.15, 0.2) is 17.8 Å². The van der Waals surface area contributed by atoms with Crippen LogP contribution < -0.4 is 5.32 Å². The fourth-order valence-corrected chi connectivity index (χ4v) is 2.79. The summed E-state index contributed by atoms with van der Waals surface area (Å²) in [6, 6.07) is 0.553. The number of hydrogen-bond acceptors (Lipinski definition) is 3. The molecule has 2 rings (SSSR count). The lowest BCUT2D eigenvalue weighted by molar-refractivity contribution is 0.347. The molecule has 0 fully saturated rings. The first-order valence-corrected chi connectivity index (χ1v) is 7.58. The Hall–Kier alpha value is -0.870. The van der Waals surface area contributed by atoms with Gasteiger partial charge in [-0.3, -0.25) is 4.40 Å². The number of rotatable bonds is 6. The molecule has 2 heterocycles. The quantitative estimate of drug-likeness (QED) is 0.869. The Morgan fingerprint density at radius 2 is 2.11 bits per heavy atom. The summed E-state index contributed by atoms with van der Waals surface area (Å²) in [6.45, 7) is 10.1. The number of nitrogens with zero attached hydrogens (tertiary/aromatic N) is 2. The minimum absolute atomic E-state index is 0.553. The zero-order chi connectivity index (χ0) is 13.1. The van der Waals surface area contributed by atoms with Gasteiger partial charge in [0.05, 0.1) is 5.69 Å². The smallest absolute Gasteiger partial charge is 0.193 e. The van der Waals surface area contributed by atoms with E-state index >= 15 is 0 Å². The van der Waals surface area contributed by atoms with Crippen LogP contribution in [0.2, 0.25) is 0 Å². The van der Waals surface area contributed by atoms with Crippen LogP contribution in [0.25, 0.3) is 4.96 Å². The topological polar surface area (TPSA) is 29.3 Å². The third-order valence-corrected chi connectivity index (χ3v) is 4.12. The Balaban J connectivity index is 2.01. The lowest BCUT2D eigenvalue weighted by Crippen LogP contribution is -2.32. The monoisotopic (exact) mass is 265 g/mol. The van der Waals surface area contributed by atoms with Crippen LogP contribution in [-0.4, -0.2) is 22.0 Å². The van der Waals surface area contributed by atoms with Crippen molar-refractivity contribution in [2.45, 2.75) is 40.2 Å². The standard InChI is InChI=1S/C14H23N3S/c1-10(2)12(8-15-11(3)4)7-13-9-17-5-6-18-14(17)16-13/h5-6,9-12,15H,7-8H2,1-4H3. The van der Waals surface area contributed by atoms with E-state index in [9.17, 15) is 0 Å². The number of aromatic nitrogens is 2. The highest BCUT2D eigenvalue weighted by Crippen LogP contribution is 2.18. The second-order valence-electron chi connectivity index (χ2n) is 5.60. The van der Waals surface area contributed by atoms with Crippen molar-refractivity contribution in [3.8, 4) is 0 Å². The molecule has 0 aliphatic rings. The van der Waals surface area contributed by atoms with Crippen molar-refractivity contribution in [3.63, 3.8) is 0 Å². The van der Waals surface area contributed by atoms with E-state index < -0.39 is 0 Å². The summed E-state index contributed by atoms with van der Waals surface area (Å²) in [5.74, 6) is 1.33. The number of fused-ring (bicyclic) bond motifs is 1. The summed E-state index contributed by atoms with van der Waals surface area (Å²) in [5.41, 5.74) is 1.21. The van der Waals surface area contributed by atoms with Gasteiger partial charge in [0.25, 0.3) is 0 Å². The van der Waals surface area contributed by atoms with Crippen LogP contribution >= 0.6 is 11.3 Å². The summed E-state index contributed by atoms with van der Waals surface area (Å²) < 4.78 is 2.12. The average molecular weight is 265 g/mol. The molecular weight excluding hydrogens is 242 g/mol. The lowest BCUT2D eigenvalue weighted by Gasteiger charge is -2.21. The molecule has 0 saturated carbocycles. The maximum absolute atomic E-state index is 4.68. The molecule has 0 saturated heterocycles. The first-order valence-electron chi connectivity index (χ1n) is 6.70. The van der Waals surface area contributed by atoms with Crippen molar-refractivity contribution in [3.05, 3.63) is 23.5 Å². The van der Waals surface area contributed by atoms with Gasteiger partial charge in [-0.05, 0) is 24.8 Å². The molecule has 4 heteroatoms. The Morgan fingerprint density at radius 3 is 2.72 bits per heavy atom. The molecule has 0 aromatic carbocycles. The van der Waals surface area contributed by atoms with Gasteiger partial charge in [-0.15, -0.1) is 11.3 Å². The third-order valence-electron chi connectivity index (χ3n) is 3.35. The number of thiazole rings is 1. The molecule has 0 amide bonds. The molecule has 100 valence electrons. The zero-order valence-corrected chi connectivity index (χ0v) is 12.5. The van der Waals surface area contributed by atoms with Crippen molar-refractivity contribution in [1.82, 2.24) is 14.7 Å². The molecule has 0 spiro atoms. The van der Waals surface area contributed by atoms with E-state index in [0.717, 1.165) is 17.9 Å². The summed E-state index contributed by atoms with van der Waals surface area (Å²) >= 11 is 1.70. The van der Waals surface area contributed by atoms with Gasteiger partial charge in [-0.25, -0.2) is 4.98 Å². The molecule has 1 unspecified atom stereocenters. The van der Waals surface area contributed by atoms with Crippen molar-refractivity contribution < 1.29 is 0 Å². The Bertz CT molecular complexity index is 455. The van der Waals surface area contributed by atoms with E-state index in [-0.39, 0.29) is 0 Å². The van der Waals surface area contributed by atoms with E-state index in [1.807, 2.05) is 0 Å². The van der Waals surface area contributed by atoms with Crippen molar-refractivity contribution in [2.24, 2.45) is 11.8 Å². The van der Waals surface area contributed by atoms with Gasteiger partial charge in [0, 0.05) is 23.8 Å². The summed E-state index contributed by atoms with van der Waals surface area (Å²) in [4.78, 5) is 5.78. The molecule has 3 nitrogen and oxygen atoms in total. The number of hydrogen-bond donors (Lipinski definition) is 1. The zero-order valence-electron chi connectivity index (χ0n) is 11.7. The van der Waals surface area contributed by atoms with E-state index in [0.29, 0.717) is 17.9 Å². The van der Waals surface area contributed by atoms with Gasteiger partial charge in [0.2, 0.25) is 0 Å². The van der Waals surface area contributed by atoms with Gasteiger partial charge in [0.1, 0.15) is 0 Å². The van der Waals surface area contributed by atoms with Crippen LogP contribution in [0.3, 0.4) is 0 Å². The van der Waals surface area contributed by atoms with Gasteiger partial charge in [-0.1, -0.05) is 27.7 Å². The van der Waals surface area contributed by atoms with Gasteiger partial charge < -0.3 is 5.32 Å². The Labute approximate surface area is 113 Å². The third kappa shape index (κ3) is 3.33. The molecule has 0 radical (unpaired) electrons. The van der Waals surface area contributed by atoms with E-state index in [1.165, 1.54) is 5.69 Å². The highest BCUT2D eigenvalue weighted by molar-refractivity contribution is 7.15. The van der Waals surface area contributed by atoms with Crippen LogP contribution in [0.1, 0.15) is 33.4 Å². The minimum atomic E-state index is 0.553. The first kappa shape index (κ1) is 13.6. The van der Waals surface area contributed by atoms with Crippen molar-refractivity contribution in [1.29, 1.82) is 0 Å². The maximum Gasteiger partial charge on any atom is 0.193 e. The van der Waals surface area contributed by atoms with E-state index in [4.69, 9.17) is 0 Å². The fourth-order valence-electron chi connectivity index (χ4n) is 2.07. The van der Waals surface area contributed by atoms with E-state index in [1.54, 1.807) is 11.3 Å². The number of imidazole rings is 1. The largest absolute Gasteiger partial charge is 0.314 e. The van der Waals surface area contributed by atoms with Gasteiger partial charge in [-0.2, -0.15) is 0 Å². The molecule has 0 aliphatic carbocycles. The second-order valence-corrected chi connectivity index (χ2v) is 6.47. The highest BCUT2D eigenvalue weighted by Gasteiger charge is 2.16. The van der Waals surface area contributed by atoms with Crippen molar-refractivity contribution >= 4 is 16.3 Å². The van der Waals surface area contributed by atoms with Crippen molar-refractivity contribution in [2.75, 3.05) is 6.54 Å². The predicted octanol–water partition coefficient (Wildman–Crippen LogP) is 3.21. The first-order chi connectivity index (χ1) is 8.56. The van der Waals surface area contributed by atoms with Crippen LogP contribution in [0.5, 0.6) is 0 Å². The van der Waals surface area contributed by atoms with Crippen LogP contribution in [0.4, 0.5) is 0 Å². The fraction of sp³-hybridized carbons (Fsp3) is 0.643. The molecule has 0 bridgehead atoms. The Morgan fingerprint density at radius 1 is 1.33 bits per heavy atom. The summed E-state index contributed by atoms with van der Waals surface area (Å²) in [5, 5.41) is 5.62.